The lowest BCUT2D eigenvalue weighted by Gasteiger charge is -2.18. The first-order chi connectivity index (χ1) is 13.0. The number of ether oxygens (including phenoxy) is 1. The van der Waals surface area contributed by atoms with Crippen LogP contribution < -0.4 is 5.32 Å². The van der Waals surface area contributed by atoms with Gasteiger partial charge in [-0.2, -0.15) is 0 Å². The number of benzene rings is 1. The Hall–Kier alpha value is -1.92. The van der Waals surface area contributed by atoms with Crippen LogP contribution in [0.2, 0.25) is 0 Å². The highest BCUT2D eigenvalue weighted by atomic mass is 79.9. The molecule has 6 heteroatoms. The van der Waals surface area contributed by atoms with E-state index in [0.29, 0.717) is 23.1 Å². The van der Waals surface area contributed by atoms with E-state index < -0.39 is 0 Å². The van der Waals surface area contributed by atoms with Gasteiger partial charge in [0.05, 0.1) is 12.2 Å². The van der Waals surface area contributed by atoms with Crippen LogP contribution in [0.3, 0.4) is 0 Å². The first kappa shape index (κ1) is 19.8. The maximum atomic E-state index is 12.5. The lowest BCUT2D eigenvalue weighted by molar-refractivity contribution is -0.111. The fraction of sp³-hybridized carbons (Fsp3) is 0.333. The number of nitrogens with one attached hydrogen (secondary N) is 1. The smallest absolute Gasteiger partial charge is 0.341 e. The molecule has 0 fully saturated rings. The molecule has 1 amide bonds. The van der Waals surface area contributed by atoms with Crippen molar-refractivity contribution in [1.82, 2.24) is 0 Å². The van der Waals surface area contributed by atoms with Crippen molar-refractivity contribution < 1.29 is 14.3 Å². The zero-order valence-corrected chi connectivity index (χ0v) is 17.8. The second kappa shape index (κ2) is 8.85. The molecule has 0 saturated heterocycles. The summed E-state index contributed by atoms with van der Waals surface area (Å²) in [5.74, 6) is -0.0149. The van der Waals surface area contributed by atoms with Crippen molar-refractivity contribution in [2.24, 2.45) is 5.92 Å². The largest absolute Gasteiger partial charge is 0.462 e. The molecule has 1 aromatic carbocycles. The van der Waals surface area contributed by atoms with Crippen LogP contribution in [0.25, 0.3) is 6.08 Å². The van der Waals surface area contributed by atoms with Crippen LogP contribution >= 0.6 is 27.3 Å². The third-order valence-corrected chi connectivity index (χ3v) is 6.22. The summed E-state index contributed by atoms with van der Waals surface area (Å²) in [6, 6.07) is 7.68. The van der Waals surface area contributed by atoms with Crippen molar-refractivity contribution in [1.29, 1.82) is 0 Å². The number of anilines is 1. The van der Waals surface area contributed by atoms with E-state index >= 15 is 0 Å². The van der Waals surface area contributed by atoms with Gasteiger partial charge in [0.2, 0.25) is 5.91 Å². The van der Waals surface area contributed by atoms with Crippen LogP contribution in [0.15, 0.2) is 34.8 Å². The maximum absolute atomic E-state index is 12.5. The summed E-state index contributed by atoms with van der Waals surface area (Å²) in [5, 5.41) is 3.48. The van der Waals surface area contributed by atoms with Gasteiger partial charge in [-0.25, -0.2) is 4.79 Å². The molecule has 0 aliphatic heterocycles. The summed E-state index contributed by atoms with van der Waals surface area (Å²) < 4.78 is 6.22. The summed E-state index contributed by atoms with van der Waals surface area (Å²) in [6.07, 6.45) is 6.08. The molecule has 27 heavy (non-hydrogen) atoms. The normalized spacial score (nSPS) is 16.2. The van der Waals surface area contributed by atoms with Gasteiger partial charge in [0.25, 0.3) is 0 Å². The maximum Gasteiger partial charge on any atom is 0.341 e. The molecule has 0 spiro atoms. The van der Waals surface area contributed by atoms with E-state index in [-0.39, 0.29) is 11.9 Å². The predicted molar refractivity (Wildman–Crippen MR) is 113 cm³/mol. The van der Waals surface area contributed by atoms with Gasteiger partial charge in [0.1, 0.15) is 5.00 Å². The minimum Gasteiger partial charge on any atom is -0.462 e. The van der Waals surface area contributed by atoms with Crippen molar-refractivity contribution in [2.45, 2.75) is 33.1 Å². The topological polar surface area (TPSA) is 55.4 Å². The minimum atomic E-state index is -0.350. The van der Waals surface area contributed by atoms with E-state index in [1.54, 1.807) is 13.0 Å². The van der Waals surface area contributed by atoms with Gasteiger partial charge in [0, 0.05) is 15.4 Å². The average Bonchev–Trinajstić information content (AvgIpc) is 2.98. The molecule has 0 bridgehead atoms. The minimum absolute atomic E-state index is 0.255. The zero-order chi connectivity index (χ0) is 19.4. The Bertz CT molecular complexity index is 870. The van der Waals surface area contributed by atoms with Crippen molar-refractivity contribution >= 4 is 50.2 Å². The van der Waals surface area contributed by atoms with E-state index in [9.17, 15) is 9.59 Å². The molecule has 0 saturated carbocycles. The lowest BCUT2D eigenvalue weighted by Crippen LogP contribution is -2.15. The zero-order valence-electron chi connectivity index (χ0n) is 15.4. The molecule has 1 aromatic heterocycles. The summed E-state index contributed by atoms with van der Waals surface area (Å²) in [5.41, 5.74) is 2.51. The highest BCUT2D eigenvalue weighted by molar-refractivity contribution is 9.10. The summed E-state index contributed by atoms with van der Waals surface area (Å²) in [4.78, 5) is 26.1. The quantitative estimate of drug-likeness (QED) is 0.488. The number of amides is 1. The average molecular weight is 448 g/mol. The first-order valence-electron chi connectivity index (χ1n) is 9.04. The molecular formula is C21H22BrNO3S. The van der Waals surface area contributed by atoms with Crippen molar-refractivity contribution in [3.63, 3.8) is 0 Å². The highest BCUT2D eigenvalue weighted by Crippen LogP contribution is 2.40. The molecule has 1 N–H and O–H groups in total. The van der Waals surface area contributed by atoms with Crippen molar-refractivity contribution in [2.75, 3.05) is 11.9 Å². The second-order valence-corrected chi connectivity index (χ2v) is 8.67. The number of fused-ring (bicyclic) bond motifs is 1. The Morgan fingerprint density at radius 1 is 1.33 bits per heavy atom. The van der Waals surface area contributed by atoms with Crippen LogP contribution in [0.5, 0.6) is 0 Å². The molecule has 1 unspecified atom stereocenters. The Kier molecular flexibility index (Phi) is 6.50. The van der Waals surface area contributed by atoms with Crippen LogP contribution in [0.4, 0.5) is 5.00 Å². The Labute approximate surface area is 171 Å². The number of hydrogen-bond donors (Lipinski definition) is 1. The predicted octanol–water partition coefficient (Wildman–Crippen LogP) is 5.46. The molecular weight excluding hydrogens is 426 g/mol. The van der Waals surface area contributed by atoms with E-state index in [0.717, 1.165) is 34.9 Å². The van der Waals surface area contributed by atoms with Gasteiger partial charge in [-0.1, -0.05) is 35.0 Å². The molecule has 2 aromatic rings. The summed E-state index contributed by atoms with van der Waals surface area (Å²) in [6.45, 7) is 4.32. The number of hydrogen-bond acceptors (Lipinski definition) is 4. The highest BCUT2D eigenvalue weighted by Gasteiger charge is 2.28. The fourth-order valence-electron chi connectivity index (χ4n) is 3.16. The summed E-state index contributed by atoms with van der Waals surface area (Å²) >= 11 is 4.89. The molecule has 1 atom stereocenters. The van der Waals surface area contributed by atoms with Gasteiger partial charge in [-0.05, 0) is 61.4 Å². The van der Waals surface area contributed by atoms with Crippen LogP contribution in [0, 0.1) is 5.92 Å². The second-order valence-electron chi connectivity index (χ2n) is 6.65. The lowest BCUT2D eigenvalue weighted by atomic mass is 9.88. The SMILES string of the molecule is CCOC(=O)c1c(NC(=O)/C=C/c2ccc(Br)cc2)sc2c1CCC(C)C2. The monoisotopic (exact) mass is 447 g/mol. The van der Waals surface area contributed by atoms with E-state index in [1.165, 1.54) is 22.3 Å². The Morgan fingerprint density at radius 3 is 2.78 bits per heavy atom. The Balaban J connectivity index is 1.81. The standard InChI is InChI=1S/C21H22BrNO3S/c1-3-26-21(25)19-16-10-4-13(2)12-17(16)27-20(19)23-18(24)11-7-14-5-8-15(22)9-6-14/h5-9,11,13H,3-4,10,12H2,1-2H3,(H,23,24)/b11-7+. The molecule has 3 rings (SSSR count). The Morgan fingerprint density at radius 2 is 2.07 bits per heavy atom. The van der Waals surface area contributed by atoms with Crippen molar-refractivity contribution in [3.05, 3.63) is 56.4 Å². The molecule has 4 nitrogen and oxygen atoms in total. The van der Waals surface area contributed by atoms with Gasteiger partial charge in [0.15, 0.2) is 0 Å². The van der Waals surface area contributed by atoms with Gasteiger partial charge >= 0.3 is 5.97 Å². The van der Waals surface area contributed by atoms with Crippen molar-refractivity contribution in [3.8, 4) is 0 Å². The number of carbonyl (C=O) groups is 2. The molecule has 142 valence electrons. The molecule has 1 aliphatic rings. The van der Waals surface area contributed by atoms with E-state index in [2.05, 4.69) is 28.2 Å². The molecule has 0 radical (unpaired) electrons. The summed E-state index contributed by atoms with van der Waals surface area (Å²) in [7, 11) is 0. The number of carbonyl (C=O) groups excluding carboxylic acids is 2. The van der Waals surface area contributed by atoms with Crippen LogP contribution in [-0.4, -0.2) is 18.5 Å². The van der Waals surface area contributed by atoms with E-state index in [4.69, 9.17) is 4.74 Å². The van der Waals surface area contributed by atoms with Gasteiger partial charge < -0.3 is 10.1 Å². The molecule has 1 aliphatic carbocycles. The number of esters is 1. The number of rotatable bonds is 5. The first-order valence-corrected chi connectivity index (χ1v) is 10.6. The third-order valence-electron chi connectivity index (χ3n) is 4.53. The van der Waals surface area contributed by atoms with Crippen LogP contribution in [0.1, 0.15) is 46.6 Å². The molecule has 1 heterocycles. The van der Waals surface area contributed by atoms with Gasteiger partial charge in [-0.15, -0.1) is 11.3 Å². The van der Waals surface area contributed by atoms with E-state index in [1.807, 2.05) is 24.3 Å². The third kappa shape index (κ3) is 4.87. The number of halogens is 1. The fourth-order valence-corrected chi connectivity index (χ4v) is 4.82. The van der Waals surface area contributed by atoms with Crippen LogP contribution in [-0.2, 0) is 22.4 Å². The van der Waals surface area contributed by atoms with Gasteiger partial charge in [-0.3, -0.25) is 4.79 Å². The number of thiophene rings is 1.